The molecule has 5 heteroatoms. The number of nitrogens with zero attached hydrogens (tertiary/aromatic N) is 2. The summed E-state index contributed by atoms with van der Waals surface area (Å²) >= 11 is 0. The van der Waals surface area contributed by atoms with Gasteiger partial charge in [-0.15, -0.1) is 0 Å². The second-order valence-electron chi connectivity index (χ2n) is 5.53. The molecule has 0 atom stereocenters. The Labute approximate surface area is 119 Å². The maximum absolute atomic E-state index is 10.9. The van der Waals surface area contributed by atoms with E-state index in [2.05, 4.69) is 6.07 Å². The van der Waals surface area contributed by atoms with Crippen LogP contribution in [0, 0.1) is 33.8 Å². The van der Waals surface area contributed by atoms with Gasteiger partial charge in [0.15, 0.2) is 5.75 Å². The van der Waals surface area contributed by atoms with Crippen molar-refractivity contribution in [3.63, 3.8) is 0 Å². The molecule has 0 aliphatic heterocycles. The number of hydrogen-bond donors (Lipinski definition) is 0. The minimum atomic E-state index is -0.429. The molecule has 0 amide bonds. The zero-order chi connectivity index (χ0) is 15.2. The maximum atomic E-state index is 10.9. The van der Waals surface area contributed by atoms with Crippen molar-refractivity contribution in [2.24, 2.45) is 5.41 Å². The Kier molecular flexibility index (Phi) is 5.51. The van der Waals surface area contributed by atoms with E-state index < -0.39 is 4.92 Å². The van der Waals surface area contributed by atoms with Crippen LogP contribution in [0.15, 0.2) is 18.2 Å². The van der Waals surface area contributed by atoms with Gasteiger partial charge in [-0.25, -0.2) is 0 Å². The van der Waals surface area contributed by atoms with Gasteiger partial charge in [-0.2, -0.15) is 5.26 Å². The van der Waals surface area contributed by atoms with E-state index in [1.54, 1.807) is 19.1 Å². The second kappa shape index (κ2) is 6.90. The molecule has 0 radical (unpaired) electrons. The highest BCUT2D eigenvalue weighted by atomic mass is 16.6. The standard InChI is InChI=1S/C15H20N2O3/c1-12-6-7-14(13(10-12)17(18)19)20-9-5-4-8-15(2,3)11-16/h6-7,10H,4-5,8-9H2,1-3H3. The first-order chi connectivity index (χ1) is 9.35. The molecule has 0 fully saturated rings. The fourth-order valence-corrected chi connectivity index (χ4v) is 1.80. The molecule has 20 heavy (non-hydrogen) atoms. The fourth-order valence-electron chi connectivity index (χ4n) is 1.80. The van der Waals surface area contributed by atoms with Crippen LogP contribution in [-0.2, 0) is 0 Å². The quantitative estimate of drug-likeness (QED) is 0.428. The molecule has 1 aromatic rings. The van der Waals surface area contributed by atoms with Crippen LogP contribution in [0.3, 0.4) is 0 Å². The monoisotopic (exact) mass is 276 g/mol. The zero-order valence-corrected chi connectivity index (χ0v) is 12.2. The van der Waals surface area contributed by atoms with Gasteiger partial charge in [-0.05, 0) is 51.7 Å². The highest BCUT2D eigenvalue weighted by molar-refractivity contribution is 5.48. The first kappa shape index (κ1) is 16.0. The maximum Gasteiger partial charge on any atom is 0.311 e. The van der Waals surface area contributed by atoms with E-state index in [4.69, 9.17) is 10.00 Å². The first-order valence-electron chi connectivity index (χ1n) is 6.65. The number of rotatable bonds is 7. The predicted octanol–water partition coefficient (Wildman–Crippen LogP) is 4.00. The molecule has 0 spiro atoms. The molecule has 5 nitrogen and oxygen atoms in total. The van der Waals surface area contributed by atoms with Gasteiger partial charge in [0.2, 0.25) is 0 Å². The summed E-state index contributed by atoms with van der Waals surface area (Å²) in [5, 5.41) is 19.8. The second-order valence-corrected chi connectivity index (χ2v) is 5.53. The van der Waals surface area contributed by atoms with E-state index in [0.29, 0.717) is 12.4 Å². The van der Waals surface area contributed by atoms with Crippen LogP contribution in [0.2, 0.25) is 0 Å². The van der Waals surface area contributed by atoms with Gasteiger partial charge < -0.3 is 4.74 Å². The Morgan fingerprint density at radius 2 is 2.10 bits per heavy atom. The molecule has 1 aromatic carbocycles. The average Bonchev–Trinajstić information content (AvgIpc) is 2.39. The number of hydrogen-bond acceptors (Lipinski definition) is 4. The van der Waals surface area contributed by atoms with Crippen LogP contribution in [0.5, 0.6) is 5.75 Å². The molecule has 0 aliphatic rings. The van der Waals surface area contributed by atoms with Crippen LogP contribution in [-0.4, -0.2) is 11.5 Å². The van der Waals surface area contributed by atoms with Crippen LogP contribution >= 0.6 is 0 Å². The number of nitro benzene ring substituents is 1. The Hall–Kier alpha value is -2.09. The molecule has 0 saturated carbocycles. The third-order valence-corrected chi connectivity index (χ3v) is 3.07. The van der Waals surface area contributed by atoms with E-state index in [0.717, 1.165) is 24.8 Å². The Bertz CT molecular complexity index is 518. The topological polar surface area (TPSA) is 76.2 Å². The molecule has 0 heterocycles. The minimum Gasteiger partial charge on any atom is -0.487 e. The molecule has 0 aliphatic carbocycles. The molecule has 0 N–H and O–H groups in total. The molecule has 108 valence electrons. The van der Waals surface area contributed by atoms with Crippen molar-refractivity contribution in [3.8, 4) is 11.8 Å². The van der Waals surface area contributed by atoms with Crippen molar-refractivity contribution >= 4 is 5.69 Å². The van der Waals surface area contributed by atoms with Gasteiger partial charge in [0.1, 0.15) is 0 Å². The lowest BCUT2D eigenvalue weighted by Gasteiger charge is -2.14. The molecule has 1 rings (SSSR count). The van der Waals surface area contributed by atoms with Crippen LogP contribution in [0.1, 0.15) is 38.7 Å². The smallest absolute Gasteiger partial charge is 0.311 e. The minimum absolute atomic E-state index is 0.00218. The summed E-state index contributed by atoms with van der Waals surface area (Å²) in [6, 6.07) is 7.18. The van der Waals surface area contributed by atoms with Gasteiger partial charge in [0.25, 0.3) is 0 Å². The summed E-state index contributed by atoms with van der Waals surface area (Å²) < 4.78 is 5.48. The summed E-state index contributed by atoms with van der Waals surface area (Å²) in [5.41, 5.74) is 0.512. The van der Waals surface area contributed by atoms with Crippen molar-refractivity contribution in [3.05, 3.63) is 33.9 Å². The fraction of sp³-hybridized carbons (Fsp3) is 0.533. The molecular weight excluding hydrogens is 256 g/mol. The average molecular weight is 276 g/mol. The van der Waals surface area contributed by atoms with Gasteiger partial charge in [-0.3, -0.25) is 10.1 Å². The van der Waals surface area contributed by atoms with Crippen molar-refractivity contribution in [2.75, 3.05) is 6.61 Å². The summed E-state index contributed by atoms with van der Waals surface area (Å²) in [4.78, 5) is 10.5. The molecule has 0 aromatic heterocycles. The first-order valence-corrected chi connectivity index (χ1v) is 6.65. The van der Waals surface area contributed by atoms with Gasteiger partial charge in [0, 0.05) is 6.07 Å². The summed E-state index contributed by atoms with van der Waals surface area (Å²) in [7, 11) is 0. The van der Waals surface area contributed by atoms with Gasteiger partial charge in [-0.1, -0.05) is 6.07 Å². The number of unbranched alkanes of at least 4 members (excludes halogenated alkanes) is 1. The Morgan fingerprint density at radius 3 is 2.70 bits per heavy atom. The van der Waals surface area contributed by atoms with Crippen molar-refractivity contribution < 1.29 is 9.66 Å². The summed E-state index contributed by atoms with van der Waals surface area (Å²) in [6.07, 6.45) is 2.43. The highest BCUT2D eigenvalue weighted by Crippen LogP contribution is 2.28. The zero-order valence-electron chi connectivity index (χ0n) is 12.2. The van der Waals surface area contributed by atoms with Crippen molar-refractivity contribution in [1.29, 1.82) is 5.26 Å². The lowest BCUT2D eigenvalue weighted by molar-refractivity contribution is -0.385. The number of nitriles is 1. The predicted molar refractivity (Wildman–Crippen MR) is 76.6 cm³/mol. The van der Waals surface area contributed by atoms with Crippen LogP contribution in [0.4, 0.5) is 5.69 Å². The largest absolute Gasteiger partial charge is 0.487 e. The number of ether oxygens (including phenoxy) is 1. The number of benzene rings is 1. The van der Waals surface area contributed by atoms with Crippen molar-refractivity contribution in [1.82, 2.24) is 0 Å². The van der Waals surface area contributed by atoms with Crippen LogP contribution in [0.25, 0.3) is 0 Å². The third kappa shape index (κ3) is 4.88. The highest BCUT2D eigenvalue weighted by Gasteiger charge is 2.17. The Balaban J connectivity index is 2.47. The molecule has 0 saturated heterocycles. The van der Waals surface area contributed by atoms with Crippen molar-refractivity contribution in [2.45, 2.75) is 40.0 Å². The number of nitro groups is 1. The summed E-state index contributed by atoms with van der Waals surface area (Å²) in [6.45, 7) is 6.03. The van der Waals surface area contributed by atoms with E-state index >= 15 is 0 Å². The van der Waals surface area contributed by atoms with E-state index in [1.807, 2.05) is 13.8 Å². The van der Waals surface area contributed by atoms with Gasteiger partial charge in [0.05, 0.1) is 23.0 Å². The van der Waals surface area contributed by atoms with Crippen LogP contribution < -0.4 is 4.74 Å². The molecule has 0 bridgehead atoms. The molecule has 0 unspecified atom stereocenters. The summed E-state index contributed by atoms with van der Waals surface area (Å²) in [5.74, 6) is 0.306. The Morgan fingerprint density at radius 1 is 1.40 bits per heavy atom. The lowest BCUT2D eigenvalue weighted by atomic mass is 9.89. The third-order valence-electron chi connectivity index (χ3n) is 3.07. The van der Waals surface area contributed by atoms with E-state index in [9.17, 15) is 10.1 Å². The van der Waals surface area contributed by atoms with E-state index in [-0.39, 0.29) is 11.1 Å². The van der Waals surface area contributed by atoms with E-state index in [1.165, 1.54) is 6.07 Å². The van der Waals surface area contributed by atoms with Gasteiger partial charge >= 0.3 is 5.69 Å². The lowest BCUT2D eigenvalue weighted by Crippen LogP contribution is -2.08. The number of aryl methyl sites for hydroxylation is 1. The normalized spacial score (nSPS) is 10.9. The SMILES string of the molecule is Cc1ccc(OCCCCC(C)(C)C#N)c([N+](=O)[O-])c1. The molecular formula is C15H20N2O3.